The summed E-state index contributed by atoms with van der Waals surface area (Å²) in [6.07, 6.45) is 5.74. The summed E-state index contributed by atoms with van der Waals surface area (Å²) in [5.41, 5.74) is 1.68. The molecule has 26 heavy (non-hydrogen) atoms. The summed E-state index contributed by atoms with van der Waals surface area (Å²) in [7, 11) is 0. The molecule has 138 valence electrons. The van der Waals surface area contributed by atoms with Crippen molar-refractivity contribution in [2.75, 3.05) is 19.7 Å². The van der Waals surface area contributed by atoms with Crippen LogP contribution in [0.3, 0.4) is 0 Å². The van der Waals surface area contributed by atoms with E-state index in [9.17, 15) is 4.79 Å². The highest BCUT2D eigenvalue weighted by molar-refractivity contribution is 5.95. The number of rotatable bonds is 6. The number of ether oxygens (including phenoxy) is 2. The molecule has 1 aliphatic heterocycles. The molecule has 1 fully saturated rings. The van der Waals surface area contributed by atoms with Crippen molar-refractivity contribution in [2.45, 2.75) is 33.3 Å². The second-order valence-electron chi connectivity index (χ2n) is 6.74. The lowest BCUT2D eigenvalue weighted by atomic mass is 9.99. The Morgan fingerprint density at radius 3 is 2.73 bits per heavy atom. The van der Waals surface area contributed by atoms with Gasteiger partial charge in [0.15, 0.2) is 11.5 Å². The number of likely N-dealkylation sites (tertiary alicyclic amines) is 1. The van der Waals surface area contributed by atoms with Crippen LogP contribution in [0.4, 0.5) is 0 Å². The molecule has 0 aliphatic carbocycles. The SMILES string of the molecule is CCOc1cc(C(=O)N2CCCC(C)C2)ccc1OCc1ccncc1. The molecule has 0 spiro atoms. The fourth-order valence-corrected chi connectivity index (χ4v) is 3.23. The molecular formula is C21H26N2O3. The van der Waals surface area contributed by atoms with Gasteiger partial charge in [-0.3, -0.25) is 9.78 Å². The highest BCUT2D eigenvalue weighted by atomic mass is 16.5. The molecule has 1 saturated heterocycles. The summed E-state index contributed by atoms with van der Waals surface area (Å²) < 4.78 is 11.6. The molecule has 0 radical (unpaired) electrons. The molecule has 1 aromatic heterocycles. The average Bonchev–Trinajstić information content (AvgIpc) is 2.67. The van der Waals surface area contributed by atoms with E-state index in [1.165, 1.54) is 6.42 Å². The predicted molar refractivity (Wildman–Crippen MR) is 100 cm³/mol. The zero-order valence-electron chi connectivity index (χ0n) is 15.5. The third-order valence-electron chi connectivity index (χ3n) is 4.58. The highest BCUT2D eigenvalue weighted by Crippen LogP contribution is 2.30. The average molecular weight is 354 g/mol. The smallest absolute Gasteiger partial charge is 0.254 e. The molecule has 1 aromatic carbocycles. The summed E-state index contributed by atoms with van der Waals surface area (Å²) in [5, 5.41) is 0. The number of hydrogen-bond acceptors (Lipinski definition) is 4. The largest absolute Gasteiger partial charge is 0.490 e. The molecule has 1 atom stereocenters. The number of carbonyl (C=O) groups excluding carboxylic acids is 1. The molecule has 2 aromatic rings. The zero-order chi connectivity index (χ0) is 18.4. The van der Waals surface area contributed by atoms with Crippen molar-refractivity contribution < 1.29 is 14.3 Å². The van der Waals surface area contributed by atoms with Crippen molar-refractivity contribution in [1.82, 2.24) is 9.88 Å². The quantitative estimate of drug-likeness (QED) is 0.789. The molecule has 1 aliphatic rings. The minimum atomic E-state index is 0.0678. The number of aromatic nitrogens is 1. The second-order valence-corrected chi connectivity index (χ2v) is 6.74. The van der Waals surface area contributed by atoms with E-state index in [0.717, 1.165) is 25.1 Å². The molecule has 1 amide bonds. The summed E-state index contributed by atoms with van der Waals surface area (Å²) in [6, 6.07) is 9.28. The fraction of sp³-hybridized carbons (Fsp3) is 0.429. The standard InChI is InChI=1S/C21H26N2O3/c1-3-25-20-13-18(21(24)23-12-4-5-16(2)14-23)6-7-19(20)26-15-17-8-10-22-11-9-17/h6-11,13,16H,3-5,12,14-15H2,1-2H3. The number of carbonyl (C=O) groups is 1. The normalized spacial score (nSPS) is 17.0. The predicted octanol–water partition coefficient (Wildman–Crippen LogP) is 3.93. The maximum Gasteiger partial charge on any atom is 0.254 e. The molecular weight excluding hydrogens is 328 g/mol. The van der Waals surface area contributed by atoms with E-state index in [4.69, 9.17) is 9.47 Å². The van der Waals surface area contributed by atoms with Gasteiger partial charge in [0.25, 0.3) is 5.91 Å². The van der Waals surface area contributed by atoms with Crippen LogP contribution in [0.25, 0.3) is 0 Å². The third-order valence-corrected chi connectivity index (χ3v) is 4.58. The molecule has 1 unspecified atom stereocenters. The van der Waals surface area contributed by atoms with Crippen LogP contribution in [-0.4, -0.2) is 35.5 Å². The summed E-state index contributed by atoms with van der Waals surface area (Å²) >= 11 is 0. The van der Waals surface area contributed by atoms with Crippen molar-refractivity contribution in [3.05, 3.63) is 53.9 Å². The van der Waals surface area contributed by atoms with Crippen LogP contribution in [0.15, 0.2) is 42.7 Å². The molecule has 0 bridgehead atoms. The van der Waals surface area contributed by atoms with Gasteiger partial charge in [-0.1, -0.05) is 6.92 Å². The number of benzene rings is 1. The second kappa shape index (κ2) is 8.70. The van der Waals surface area contributed by atoms with Crippen molar-refractivity contribution in [3.8, 4) is 11.5 Å². The van der Waals surface area contributed by atoms with Gasteiger partial charge in [0.05, 0.1) is 6.61 Å². The number of pyridine rings is 1. The van der Waals surface area contributed by atoms with Gasteiger partial charge in [-0.15, -0.1) is 0 Å². The first-order valence-corrected chi connectivity index (χ1v) is 9.25. The first kappa shape index (κ1) is 18.2. The Bertz CT molecular complexity index is 733. The van der Waals surface area contributed by atoms with Crippen molar-refractivity contribution in [3.63, 3.8) is 0 Å². The summed E-state index contributed by atoms with van der Waals surface area (Å²) in [4.78, 5) is 18.8. The van der Waals surface area contributed by atoms with Crippen LogP contribution in [-0.2, 0) is 6.61 Å². The number of nitrogens with zero attached hydrogens (tertiary/aromatic N) is 2. The zero-order valence-corrected chi connectivity index (χ0v) is 15.5. The van der Waals surface area contributed by atoms with Crippen LogP contribution >= 0.6 is 0 Å². The van der Waals surface area contributed by atoms with E-state index in [-0.39, 0.29) is 5.91 Å². The lowest BCUT2D eigenvalue weighted by molar-refractivity contribution is 0.0682. The minimum Gasteiger partial charge on any atom is -0.490 e. The molecule has 3 rings (SSSR count). The minimum absolute atomic E-state index is 0.0678. The van der Waals surface area contributed by atoms with Gasteiger partial charge in [0.1, 0.15) is 6.61 Å². The molecule has 5 nitrogen and oxygen atoms in total. The van der Waals surface area contributed by atoms with E-state index in [2.05, 4.69) is 11.9 Å². The van der Waals surface area contributed by atoms with Gasteiger partial charge >= 0.3 is 0 Å². The van der Waals surface area contributed by atoms with Gasteiger partial charge in [0, 0.05) is 31.0 Å². The Morgan fingerprint density at radius 2 is 2.00 bits per heavy atom. The van der Waals surface area contributed by atoms with Crippen LogP contribution in [0.5, 0.6) is 11.5 Å². The van der Waals surface area contributed by atoms with Gasteiger partial charge in [-0.2, -0.15) is 0 Å². The van der Waals surface area contributed by atoms with Gasteiger partial charge in [-0.05, 0) is 61.6 Å². The van der Waals surface area contributed by atoms with Gasteiger partial charge in [-0.25, -0.2) is 0 Å². The highest BCUT2D eigenvalue weighted by Gasteiger charge is 2.23. The Morgan fingerprint density at radius 1 is 1.19 bits per heavy atom. The van der Waals surface area contributed by atoms with Crippen LogP contribution in [0.1, 0.15) is 42.6 Å². The molecule has 5 heteroatoms. The number of piperidine rings is 1. The third kappa shape index (κ3) is 4.54. The van der Waals surface area contributed by atoms with Gasteiger partial charge in [0.2, 0.25) is 0 Å². The van der Waals surface area contributed by atoms with E-state index in [0.29, 0.717) is 36.2 Å². The monoisotopic (exact) mass is 354 g/mol. The first-order valence-electron chi connectivity index (χ1n) is 9.25. The van der Waals surface area contributed by atoms with Gasteiger partial charge < -0.3 is 14.4 Å². The lowest BCUT2D eigenvalue weighted by Crippen LogP contribution is -2.39. The van der Waals surface area contributed by atoms with Crippen molar-refractivity contribution in [2.24, 2.45) is 5.92 Å². The van der Waals surface area contributed by atoms with E-state index in [1.54, 1.807) is 18.5 Å². The Kier molecular flexibility index (Phi) is 6.10. The molecule has 2 heterocycles. The summed E-state index contributed by atoms with van der Waals surface area (Å²) in [6.45, 7) is 6.72. The first-order chi connectivity index (χ1) is 12.7. The summed E-state index contributed by atoms with van der Waals surface area (Å²) in [5.74, 6) is 1.88. The van der Waals surface area contributed by atoms with E-state index in [1.807, 2.05) is 36.1 Å². The maximum atomic E-state index is 12.8. The van der Waals surface area contributed by atoms with Crippen molar-refractivity contribution >= 4 is 5.91 Å². The Balaban J connectivity index is 1.74. The van der Waals surface area contributed by atoms with Crippen LogP contribution in [0.2, 0.25) is 0 Å². The van der Waals surface area contributed by atoms with Crippen molar-refractivity contribution in [1.29, 1.82) is 0 Å². The Labute approximate surface area is 155 Å². The maximum absolute atomic E-state index is 12.8. The fourth-order valence-electron chi connectivity index (χ4n) is 3.23. The number of amides is 1. The molecule has 0 saturated carbocycles. The Hall–Kier alpha value is -2.56. The van der Waals surface area contributed by atoms with E-state index >= 15 is 0 Å². The topological polar surface area (TPSA) is 51.7 Å². The van der Waals surface area contributed by atoms with Crippen LogP contribution in [0, 0.1) is 5.92 Å². The van der Waals surface area contributed by atoms with Crippen LogP contribution < -0.4 is 9.47 Å². The number of hydrogen-bond donors (Lipinski definition) is 0. The lowest BCUT2D eigenvalue weighted by Gasteiger charge is -2.31. The van der Waals surface area contributed by atoms with E-state index < -0.39 is 0 Å². The molecule has 0 N–H and O–H groups in total.